The molecule has 2 atom stereocenters. The lowest BCUT2D eigenvalue weighted by atomic mass is 9.90. The van der Waals surface area contributed by atoms with Gasteiger partial charge in [-0.1, -0.05) is 20.8 Å². The van der Waals surface area contributed by atoms with E-state index in [9.17, 15) is 9.59 Å². The van der Waals surface area contributed by atoms with Crippen LogP contribution in [0.1, 0.15) is 47.0 Å². The highest BCUT2D eigenvalue weighted by Gasteiger charge is 2.51. The summed E-state index contributed by atoms with van der Waals surface area (Å²) in [6.07, 6.45) is 2.69. The SMILES string of the molecule is CCC1(C)NC(=O)C(C2CC2)N(CCOCC(C)C)C1=O. The van der Waals surface area contributed by atoms with Crippen molar-refractivity contribution in [1.29, 1.82) is 0 Å². The molecule has 2 aliphatic rings. The summed E-state index contributed by atoms with van der Waals surface area (Å²) in [5.74, 6) is 0.853. The van der Waals surface area contributed by atoms with E-state index < -0.39 is 5.54 Å². The van der Waals surface area contributed by atoms with E-state index in [1.165, 1.54) is 0 Å². The zero-order valence-corrected chi connectivity index (χ0v) is 13.6. The van der Waals surface area contributed by atoms with Crippen molar-refractivity contribution in [3.05, 3.63) is 0 Å². The van der Waals surface area contributed by atoms with E-state index >= 15 is 0 Å². The Morgan fingerprint density at radius 2 is 2.05 bits per heavy atom. The van der Waals surface area contributed by atoms with Gasteiger partial charge in [0.25, 0.3) is 0 Å². The molecule has 1 aliphatic heterocycles. The first-order valence-electron chi connectivity index (χ1n) is 8.10. The van der Waals surface area contributed by atoms with Crippen LogP contribution < -0.4 is 5.32 Å². The number of carbonyl (C=O) groups is 2. The number of carbonyl (C=O) groups excluding carboxylic acids is 2. The summed E-state index contributed by atoms with van der Waals surface area (Å²) in [5.41, 5.74) is -0.763. The predicted molar refractivity (Wildman–Crippen MR) is 80.7 cm³/mol. The average Bonchev–Trinajstić information content (AvgIpc) is 3.24. The van der Waals surface area contributed by atoms with Gasteiger partial charge in [-0.3, -0.25) is 9.59 Å². The topological polar surface area (TPSA) is 58.6 Å². The third-order valence-corrected chi connectivity index (χ3v) is 4.44. The lowest BCUT2D eigenvalue weighted by Crippen LogP contribution is -2.69. The Hall–Kier alpha value is -1.10. The van der Waals surface area contributed by atoms with Crippen LogP contribution in [0, 0.1) is 11.8 Å². The summed E-state index contributed by atoms with van der Waals surface area (Å²) in [4.78, 5) is 26.9. The molecule has 5 nitrogen and oxygen atoms in total. The fraction of sp³-hybridized carbons (Fsp3) is 0.875. The fourth-order valence-corrected chi connectivity index (χ4v) is 2.83. The summed E-state index contributed by atoms with van der Waals surface area (Å²) in [6.45, 7) is 9.64. The largest absolute Gasteiger partial charge is 0.379 e. The number of hydrogen-bond donors (Lipinski definition) is 1. The maximum atomic E-state index is 12.8. The Labute approximate surface area is 127 Å². The van der Waals surface area contributed by atoms with E-state index in [-0.39, 0.29) is 17.9 Å². The van der Waals surface area contributed by atoms with Gasteiger partial charge in [-0.05, 0) is 38.0 Å². The molecule has 0 spiro atoms. The Morgan fingerprint density at radius 3 is 2.57 bits per heavy atom. The molecule has 1 saturated carbocycles. The van der Waals surface area contributed by atoms with Crippen LogP contribution in [0.25, 0.3) is 0 Å². The van der Waals surface area contributed by atoms with Gasteiger partial charge in [0.15, 0.2) is 0 Å². The standard InChI is InChI=1S/C16H28N2O3/c1-5-16(4)15(20)18(8-9-21-10-11(2)3)13(12-6-7-12)14(19)17-16/h11-13H,5-10H2,1-4H3,(H,17,19). The molecule has 120 valence electrons. The molecule has 1 heterocycles. The zero-order chi connectivity index (χ0) is 15.6. The van der Waals surface area contributed by atoms with Crippen molar-refractivity contribution in [3.8, 4) is 0 Å². The van der Waals surface area contributed by atoms with Gasteiger partial charge in [0.1, 0.15) is 11.6 Å². The Morgan fingerprint density at radius 1 is 1.38 bits per heavy atom. The van der Waals surface area contributed by atoms with Crippen LogP contribution in [0.2, 0.25) is 0 Å². The summed E-state index contributed by atoms with van der Waals surface area (Å²) >= 11 is 0. The van der Waals surface area contributed by atoms with Crippen LogP contribution >= 0.6 is 0 Å². The van der Waals surface area contributed by atoms with Crippen LogP contribution in [-0.2, 0) is 14.3 Å². The Bertz CT molecular complexity index is 406. The normalized spacial score (nSPS) is 30.0. The smallest absolute Gasteiger partial charge is 0.248 e. The second-order valence-corrected chi connectivity index (χ2v) is 6.92. The second kappa shape index (κ2) is 6.34. The summed E-state index contributed by atoms with van der Waals surface area (Å²) < 4.78 is 5.61. The third-order valence-electron chi connectivity index (χ3n) is 4.44. The van der Waals surface area contributed by atoms with Gasteiger partial charge in [-0.15, -0.1) is 0 Å². The average molecular weight is 296 g/mol. The van der Waals surface area contributed by atoms with Gasteiger partial charge in [0.05, 0.1) is 6.61 Å². The molecule has 2 unspecified atom stereocenters. The van der Waals surface area contributed by atoms with E-state index in [1.54, 1.807) is 4.90 Å². The number of ether oxygens (including phenoxy) is 1. The van der Waals surface area contributed by atoms with Crippen molar-refractivity contribution >= 4 is 11.8 Å². The molecular formula is C16H28N2O3. The molecule has 0 bridgehead atoms. The molecule has 0 aromatic carbocycles. The lowest BCUT2D eigenvalue weighted by Gasteiger charge is -2.44. The highest BCUT2D eigenvalue weighted by molar-refractivity contribution is 5.99. The first kappa shape index (κ1) is 16.3. The van der Waals surface area contributed by atoms with Crippen molar-refractivity contribution < 1.29 is 14.3 Å². The number of amides is 2. The summed E-state index contributed by atoms with van der Waals surface area (Å²) in [6, 6.07) is -0.292. The number of rotatable bonds is 7. The zero-order valence-electron chi connectivity index (χ0n) is 13.6. The van der Waals surface area contributed by atoms with Gasteiger partial charge < -0.3 is 15.0 Å². The molecule has 1 aliphatic carbocycles. The number of hydrogen-bond acceptors (Lipinski definition) is 3. The maximum Gasteiger partial charge on any atom is 0.248 e. The minimum absolute atomic E-state index is 0.00492. The Balaban J connectivity index is 2.04. The molecule has 2 amide bonds. The van der Waals surface area contributed by atoms with E-state index in [1.807, 2.05) is 13.8 Å². The maximum absolute atomic E-state index is 12.8. The van der Waals surface area contributed by atoms with Crippen molar-refractivity contribution in [2.24, 2.45) is 11.8 Å². The van der Waals surface area contributed by atoms with Gasteiger partial charge in [-0.2, -0.15) is 0 Å². The van der Waals surface area contributed by atoms with Crippen LogP contribution in [-0.4, -0.2) is 48.1 Å². The third kappa shape index (κ3) is 3.57. The fourth-order valence-electron chi connectivity index (χ4n) is 2.83. The molecule has 1 saturated heterocycles. The predicted octanol–water partition coefficient (Wildman–Crippen LogP) is 1.56. The van der Waals surface area contributed by atoms with E-state index in [4.69, 9.17) is 4.74 Å². The molecule has 0 radical (unpaired) electrons. The minimum atomic E-state index is -0.763. The number of nitrogens with zero attached hydrogens (tertiary/aromatic N) is 1. The Kier molecular flexibility index (Phi) is 4.91. The molecule has 0 aromatic rings. The first-order valence-corrected chi connectivity index (χ1v) is 8.10. The summed E-state index contributed by atoms with van der Waals surface area (Å²) in [5, 5.41) is 2.93. The molecule has 2 rings (SSSR count). The quantitative estimate of drug-likeness (QED) is 0.725. The van der Waals surface area contributed by atoms with Gasteiger partial charge in [0.2, 0.25) is 11.8 Å². The van der Waals surface area contributed by atoms with Gasteiger partial charge in [-0.25, -0.2) is 0 Å². The van der Waals surface area contributed by atoms with Crippen LogP contribution in [0.3, 0.4) is 0 Å². The molecule has 21 heavy (non-hydrogen) atoms. The van der Waals surface area contributed by atoms with Gasteiger partial charge in [0, 0.05) is 13.2 Å². The first-order chi connectivity index (χ1) is 9.89. The van der Waals surface area contributed by atoms with Gasteiger partial charge >= 0.3 is 0 Å². The monoisotopic (exact) mass is 296 g/mol. The molecule has 0 aromatic heterocycles. The van der Waals surface area contributed by atoms with E-state index in [2.05, 4.69) is 19.2 Å². The molecule has 1 N–H and O–H groups in total. The number of piperazine rings is 1. The molecule has 2 fully saturated rings. The van der Waals surface area contributed by atoms with E-state index in [0.717, 1.165) is 12.8 Å². The summed E-state index contributed by atoms with van der Waals surface area (Å²) in [7, 11) is 0. The van der Waals surface area contributed by atoms with E-state index in [0.29, 0.717) is 38.0 Å². The minimum Gasteiger partial charge on any atom is -0.379 e. The van der Waals surface area contributed by atoms with Crippen LogP contribution in [0.5, 0.6) is 0 Å². The highest BCUT2D eigenvalue weighted by atomic mass is 16.5. The lowest BCUT2D eigenvalue weighted by molar-refractivity contribution is -0.156. The van der Waals surface area contributed by atoms with Crippen molar-refractivity contribution in [3.63, 3.8) is 0 Å². The second-order valence-electron chi connectivity index (χ2n) is 6.92. The molecular weight excluding hydrogens is 268 g/mol. The highest BCUT2D eigenvalue weighted by Crippen LogP contribution is 2.38. The van der Waals surface area contributed by atoms with Crippen molar-refractivity contribution in [2.75, 3.05) is 19.8 Å². The van der Waals surface area contributed by atoms with Crippen LogP contribution in [0.4, 0.5) is 0 Å². The molecule has 5 heteroatoms. The van der Waals surface area contributed by atoms with Crippen molar-refractivity contribution in [2.45, 2.75) is 58.5 Å². The number of nitrogens with one attached hydrogen (secondary N) is 1. The van der Waals surface area contributed by atoms with Crippen molar-refractivity contribution in [1.82, 2.24) is 10.2 Å². The van der Waals surface area contributed by atoms with Crippen LogP contribution in [0.15, 0.2) is 0 Å².